The maximum absolute atomic E-state index is 4.83. The molecule has 1 aromatic rings. The molecule has 0 radical (unpaired) electrons. The van der Waals surface area contributed by atoms with Crippen LogP contribution in [-0.4, -0.2) is 47.2 Å². The van der Waals surface area contributed by atoms with Gasteiger partial charge in [-0.05, 0) is 5.92 Å². The average Bonchev–Trinajstić information content (AvgIpc) is 2.93. The number of hydrogen-bond donors (Lipinski definition) is 1. The van der Waals surface area contributed by atoms with Gasteiger partial charge in [0.25, 0.3) is 0 Å². The van der Waals surface area contributed by atoms with Crippen molar-refractivity contribution in [3.05, 3.63) is 18.0 Å². The molecule has 0 amide bonds. The molecule has 0 aromatic carbocycles. The van der Waals surface area contributed by atoms with E-state index in [2.05, 4.69) is 46.0 Å². The van der Waals surface area contributed by atoms with Crippen LogP contribution in [0.4, 0.5) is 0 Å². The molecule has 2 rings (SSSR count). The highest BCUT2D eigenvalue weighted by Crippen LogP contribution is 2.24. The van der Waals surface area contributed by atoms with Gasteiger partial charge >= 0.3 is 0 Å². The first kappa shape index (κ1) is 14.2. The Morgan fingerprint density at radius 1 is 1.68 bits per heavy atom. The molecule has 1 atom stereocenters. The van der Waals surface area contributed by atoms with Crippen molar-refractivity contribution in [1.82, 2.24) is 15.4 Å². The van der Waals surface area contributed by atoms with E-state index in [0.717, 1.165) is 30.5 Å². The molecule has 2 heterocycles. The summed E-state index contributed by atoms with van der Waals surface area (Å²) in [5, 5.41) is 7.92. The Bertz CT molecular complexity index is 405. The van der Waals surface area contributed by atoms with E-state index in [1.165, 1.54) is 0 Å². The smallest absolute Gasteiger partial charge is 0.194 e. The third-order valence-corrected chi connectivity index (χ3v) is 4.81. The van der Waals surface area contributed by atoms with Crippen molar-refractivity contribution in [1.29, 1.82) is 0 Å². The van der Waals surface area contributed by atoms with Crippen LogP contribution in [-0.2, 0) is 6.54 Å². The Labute approximate surface area is 118 Å². The topological polar surface area (TPSA) is 53.7 Å². The van der Waals surface area contributed by atoms with Gasteiger partial charge in [0.2, 0.25) is 0 Å². The first-order valence-corrected chi connectivity index (χ1v) is 7.72. The van der Waals surface area contributed by atoms with Gasteiger partial charge in [-0.3, -0.25) is 4.99 Å². The van der Waals surface area contributed by atoms with Crippen molar-refractivity contribution in [2.24, 2.45) is 10.9 Å². The summed E-state index contributed by atoms with van der Waals surface area (Å²) in [4.78, 5) is 6.70. The van der Waals surface area contributed by atoms with Gasteiger partial charge in [-0.15, -0.1) is 0 Å². The minimum Gasteiger partial charge on any atom is -0.364 e. The van der Waals surface area contributed by atoms with Crippen LogP contribution < -0.4 is 5.32 Å². The second kappa shape index (κ2) is 6.84. The molecular weight excluding hydrogens is 260 g/mol. The summed E-state index contributed by atoms with van der Waals surface area (Å²) in [7, 11) is 1.83. The molecule has 0 bridgehead atoms. The SMILES string of the molecule is CN=C(NCc1ccon1)N1CCSC(C(C)C)C1. The molecule has 5 nitrogen and oxygen atoms in total. The van der Waals surface area contributed by atoms with E-state index < -0.39 is 0 Å². The van der Waals surface area contributed by atoms with Crippen molar-refractivity contribution in [2.75, 3.05) is 25.9 Å². The number of hydrogen-bond acceptors (Lipinski definition) is 4. The highest BCUT2D eigenvalue weighted by atomic mass is 32.2. The van der Waals surface area contributed by atoms with Crippen molar-refractivity contribution >= 4 is 17.7 Å². The van der Waals surface area contributed by atoms with Gasteiger partial charge in [0.05, 0.1) is 6.54 Å². The van der Waals surface area contributed by atoms with E-state index in [4.69, 9.17) is 4.52 Å². The third kappa shape index (κ3) is 3.89. The zero-order valence-corrected chi connectivity index (χ0v) is 12.6. The van der Waals surface area contributed by atoms with E-state index in [9.17, 15) is 0 Å². The fourth-order valence-corrected chi connectivity index (χ4v) is 3.40. The summed E-state index contributed by atoms with van der Waals surface area (Å²) in [6, 6.07) is 1.86. The number of thioether (sulfide) groups is 1. The summed E-state index contributed by atoms with van der Waals surface area (Å²) >= 11 is 2.07. The molecule has 0 aliphatic carbocycles. The molecule has 1 saturated heterocycles. The maximum atomic E-state index is 4.83. The molecule has 1 unspecified atom stereocenters. The summed E-state index contributed by atoms with van der Waals surface area (Å²) < 4.78 is 4.83. The number of aromatic nitrogens is 1. The molecule has 0 spiro atoms. The number of nitrogens with one attached hydrogen (secondary N) is 1. The molecule has 6 heteroatoms. The van der Waals surface area contributed by atoms with Gasteiger partial charge < -0.3 is 14.7 Å². The molecular formula is C13H22N4OS. The molecule has 106 valence electrons. The Morgan fingerprint density at radius 2 is 2.53 bits per heavy atom. The highest BCUT2D eigenvalue weighted by molar-refractivity contribution is 8.00. The molecule has 1 N–H and O–H groups in total. The summed E-state index contributed by atoms with van der Waals surface area (Å²) in [5.74, 6) is 2.81. The Morgan fingerprint density at radius 3 is 3.16 bits per heavy atom. The van der Waals surface area contributed by atoms with Crippen molar-refractivity contribution < 1.29 is 4.52 Å². The first-order valence-electron chi connectivity index (χ1n) is 6.67. The molecule has 1 aliphatic rings. The lowest BCUT2D eigenvalue weighted by Crippen LogP contribution is -2.48. The van der Waals surface area contributed by atoms with Crippen LogP contribution in [0.1, 0.15) is 19.5 Å². The van der Waals surface area contributed by atoms with Crippen molar-refractivity contribution in [3.8, 4) is 0 Å². The normalized spacial score (nSPS) is 20.9. The third-order valence-electron chi connectivity index (χ3n) is 3.27. The summed E-state index contributed by atoms with van der Waals surface area (Å²) in [5.41, 5.74) is 0.896. The molecule has 1 aliphatic heterocycles. The minimum atomic E-state index is 0.652. The Balaban J connectivity index is 1.90. The van der Waals surface area contributed by atoms with Crippen molar-refractivity contribution in [2.45, 2.75) is 25.6 Å². The van der Waals surface area contributed by atoms with Crippen LogP contribution in [0.15, 0.2) is 21.8 Å². The van der Waals surface area contributed by atoms with Gasteiger partial charge in [0.1, 0.15) is 12.0 Å². The Kier molecular flexibility index (Phi) is 5.13. The van der Waals surface area contributed by atoms with E-state index in [0.29, 0.717) is 17.7 Å². The fraction of sp³-hybridized carbons (Fsp3) is 0.692. The monoisotopic (exact) mass is 282 g/mol. The van der Waals surface area contributed by atoms with Gasteiger partial charge in [0, 0.05) is 37.2 Å². The zero-order chi connectivity index (χ0) is 13.7. The van der Waals surface area contributed by atoms with E-state index in [1.807, 2.05) is 13.1 Å². The van der Waals surface area contributed by atoms with Crippen LogP contribution in [0.3, 0.4) is 0 Å². The predicted octanol–water partition coefficient (Wildman–Crippen LogP) is 1.82. The second-order valence-corrected chi connectivity index (χ2v) is 6.34. The van der Waals surface area contributed by atoms with Gasteiger partial charge in [0.15, 0.2) is 5.96 Å². The van der Waals surface area contributed by atoms with Crippen LogP contribution in [0.25, 0.3) is 0 Å². The standard InChI is InChI=1S/C13H22N4OS/c1-10(2)12-9-17(5-7-19-12)13(14-3)15-8-11-4-6-18-16-11/h4,6,10,12H,5,7-9H2,1-3H3,(H,14,15). The van der Waals surface area contributed by atoms with Crippen molar-refractivity contribution in [3.63, 3.8) is 0 Å². The molecule has 1 aromatic heterocycles. The summed E-state index contributed by atoms with van der Waals surface area (Å²) in [6.07, 6.45) is 1.59. The molecule has 0 saturated carbocycles. The Hall–Kier alpha value is -1.17. The molecule has 19 heavy (non-hydrogen) atoms. The quantitative estimate of drug-likeness (QED) is 0.677. The van der Waals surface area contributed by atoms with Crippen LogP contribution >= 0.6 is 11.8 Å². The lowest BCUT2D eigenvalue weighted by Gasteiger charge is -2.36. The maximum Gasteiger partial charge on any atom is 0.194 e. The van der Waals surface area contributed by atoms with Crippen LogP contribution in [0.2, 0.25) is 0 Å². The number of aliphatic imine (C=N–C) groups is 1. The average molecular weight is 282 g/mol. The van der Waals surface area contributed by atoms with Gasteiger partial charge in [-0.2, -0.15) is 11.8 Å². The van der Waals surface area contributed by atoms with Crippen LogP contribution in [0, 0.1) is 5.92 Å². The van der Waals surface area contributed by atoms with Crippen LogP contribution in [0.5, 0.6) is 0 Å². The van der Waals surface area contributed by atoms with E-state index in [1.54, 1.807) is 6.26 Å². The van der Waals surface area contributed by atoms with Gasteiger partial charge in [-0.1, -0.05) is 19.0 Å². The lowest BCUT2D eigenvalue weighted by atomic mass is 10.1. The zero-order valence-electron chi connectivity index (χ0n) is 11.8. The number of rotatable bonds is 3. The number of nitrogens with zero attached hydrogens (tertiary/aromatic N) is 3. The minimum absolute atomic E-state index is 0.652. The number of guanidine groups is 1. The lowest BCUT2D eigenvalue weighted by molar-refractivity contribution is 0.378. The second-order valence-electron chi connectivity index (χ2n) is 4.99. The van der Waals surface area contributed by atoms with E-state index in [-0.39, 0.29) is 0 Å². The summed E-state index contributed by atoms with van der Waals surface area (Å²) in [6.45, 7) is 7.33. The predicted molar refractivity (Wildman–Crippen MR) is 79.4 cm³/mol. The highest BCUT2D eigenvalue weighted by Gasteiger charge is 2.24. The fourth-order valence-electron chi connectivity index (χ4n) is 2.10. The van der Waals surface area contributed by atoms with E-state index >= 15 is 0 Å². The van der Waals surface area contributed by atoms with Gasteiger partial charge in [-0.25, -0.2) is 0 Å². The first-order chi connectivity index (χ1) is 9.20. The largest absolute Gasteiger partial charge is 0.364 e. The molecule has 1 fully saturated rings.